The van der Waals surface area contributed by atoms with E-state index in [9.17, 15) is 8.42 Å². The number of nitrogens with one attached hydrogen (secondary N) is 1. The summed E-state index contributed by atoms with van der Waals surface area (Å²) in [6, 6.07) is 9.93. The maximum Gasteiger partial charge on any atom is 0.240 e. The van der Waals surface area contributed by atoms with Crippen LogP contribution in [0, 0.1) is 0 Å². The number of thioether (sulfide) groups is 1. The lowest BCUT2D eigenvalue weighted by Gasteiger charge is -2.11. The molecule has 2 aromatic rings. The molecule has 0 aliphatic heterocycles. The van der Waals surface area contributed by atoms with E-state index < -0.39 is 10.0 Å². The Balaban J connectivity index is 1.87. The number of benzene rings is 2. The van der Waals surface area contributed by atoms with Crippen LogP contribution in [0.1, 0.15) is 5.56 Å². The van der Waals surface area contributed by atoms with Crippen LogP contribution in [-0.2, 0) is 15.8 Å². The first-order valence-corrected chi connectivity index (χ1v) is 11.0. The highest BCUT2D eigenvalue weighted by molar-refractivity contribution is 7.98. The largest absolute Gasteiger partial charge is 0.493 e. The van der Waals surface area contributed by atoms with Crippen molar-refractivity contribution >= 4 is 45.0 Å². The zero-order valence-electron chi connectivity index (χ0n) is 14.3. The summed E-state index contributed by atoms with van der Waals surface area (Å²) >= 11 is 13.5. The minimum atomic E-state index is -3.61. The van der Waals surface area contributed by atoms with Crippen LogP contribution in [0.4, 0.5) is 0 Å². The van der Waals surface area contributed by atoms with Gasteiger partial charge in [-0.05, 0) is 29.8 Å². The molecule has 0 aromatic heterocycles. The van der Waals surface area contributed by atoms with Crippen molar-refractivity contribution in [1.82, 2.24) is 4.72 Å². The van der Waals surface area contributed by atoms with Crippen molar-refractivity contribution in [2.45, 2.75) is 10.6 Å². The smallest absolute Gasteiger partial charge is 0.240 e. The van der Waals surface area contributed by atoms with Gasteiger partial charge in [-0.25, -0.2) is 13.1 Å². The van der Waals surface area contributed by atoms with Gasteiger partial charge in [0.15, 0.2) is 11.5 Å². The second kappa shape index (κ2) is 9.71. The molecule has 0 saturated heterocycles. The molecule has 2 rings (SSSR count). The number of sulfonamides is 1. The predicted octanol–water partition coefficient (Wildman–Crippen LogP) is 4.22. The van der Waals surface area contributed by atoms with E-state index in [0.29, 0.717) is 33.8 Å². The molecule has 0 fully saturated rings. The van der Waals surface area contributed by atoms with Crippen LogP contribution in [0.5, 0.6) is 11.5 Å². The number of ether oxygens (including phenoxy) is 2. The van der Waals surface area contributed by atoms with Crippen molar-refractivity contribution < 1.29 is 17.9 Å². The second-order valence-corrected chi connectivity index (χ2v) is 8.90. The van der Waals surface area contributed by atoms with Crippen molar-refractivity contribution in [3.63, 3.8) is 0 Å². The standard InChI is InChI=1S/C17H19Cl2NO4S2/c1-23-16-6-4-13(10-17(16)24-2)26(21,22)20-7-8-25-11-12-3-5-14(18)15(19)9-12/h3-6,9-10,20H,7-8,11H2,1-2H3. The minimum absolute atomic E-state index is 0.129. The molecule has 0 aliphatic rings. The average Bonchev–Trinajstić information content (AvgIpc) is 2.63. The monoisotopic (exact) mass is 435 g/mol. The molecule has 0 atom stereocenters. The molecule has 0 amide bonds. The molecular formula is C17H19Cl2NO4S2. The van der Waals surface area contributed by atoms with Crippen LogP contribution in [0.3, 0.4) is 0 Å². The maximum atomic E-state index is 12.4. The molecule has 0 radical (unpaired) electrons. The van der Waals surface area contributed by atoms with E-state index in [-0.39, 0.29) is 4.90 Å². The van der Waals surface area contributed by atoms with E-state index in [2.05, 4.69) is 4.72 Å². The fourth-order valence-electron chi connectivity index (χ4n) is 2.13. The van der Waals surface area contributed by atoms with E-state index in [1.807, 2.05) is 12.1 Å². The van der Waals surface area contributed by atoms with Crippen molar-refractivity contribution in [1.29, 1.82) is 0 Å². The Labute approximate surface area is 168 Å². The van der Waals surface area contributed by atoms with Crippen LogP contribution in [0.15, 0.2) is 41.3 Å². The Kier molecular flexibility index (Phi) is 7.91. The molecule has 0 spiro atoms. The summed E-state index contributed by atoms with van der Waals surface area (Å²) in [6.07, 6.45) is 0. The van der Waals surface area contributed by atoms with Gasteiger partial charge in [-0.2, -0.15) is 11.8 Å². The van der Waals surface area contributed by atoms with E-state index >= 15 is 0 Å². The lowest BCUT2D eigenvalue weighted by molar-refractivity contribution is 0.354. The first-order valence-electron chi connectivity index (χ1n) is 7.60. The molecule has 2 aromatic carbocycles. The molecule has 0 unspecified atom stereocenters. The van der Waals surface area contributed by atoms with Crippen molar-refractivity contribution in [3.05, 3.63) is 52.0 Å². The predicted molar refractivity (Wildman–Crippen MR) is 107 cm³/mol. The third-order valence-electron chi connectivity index (χ3n) is 3.46. The summed E-state index contributed by atoms with van der Waals surface area (Å²) in [5.74, 6) is 2.18. The fraction of sp³-hybridized carbons (Fsp3) is 0.294. The zero-order chi connectivity index (χ0) is 19.2. The van der Waals surface area contributed by atoms with Gasteiger partial charge in [0.05, 0.1) is 29.2 Å². The Morgan fingerprint density at radius 1 is 1.00 bits per heavy atom. The van der Waals surface area contributed by atoms with Gasteiger partial charge < -0.3 is 9.47 Å². The molecule has 1 N–H and O–H groups in total. The average molecular weight is 436 g/mol. The number of hydrogen-bond donors (Lipinski definition) is 1. The topological polar surface area (TPSA) is 64.6 Å². The number of halogens is 2. The zero-order valence-corrected chi connectivity index (χ0v) is 17.4. The quantitative estimate of drug-likeness (QED) is 0.597. The number of rotatable bonds is 9. The summed E-state index contributed by atoms with van der Waals surface area (Å²) in [7, 11) is -0.658. The second-order valence-electron chi connectivity index (χ2n) is 5.22. The van der Waals surface area contributed by atoms with E-state index in [0.717, 1.165) is 11.3 Å². The van der Waals surface area contributed by atoms with Crippen LogP contribution < -0.4 is 14.2 Å². The van der Waals surface area contributed by atoms with E-state index in [1.165, 1.54) is 26.4 Å². The van der Waals surface area contributed by atoms with Gasteiger partial charge >= 0.3 is 0 Å². The van der Waals surface area contributed by atoms with E-state index in [4.69, 9.17) is 32.7 Å². The third-order valence-corrected chi connectivity index (χ3v) is 6.68. The highest BCUT2D eigenvalue weighted by Gasteiger charge is 2.16. The van der Waals surface area contributed by atoms with Gasteiger partial charge in [0.1, 0.15) is 0 Å². The first kappa shape index (κ1) is 21.2. The van der Waals surface area contributed by atoms with Gasteiger partial charge in [0, 0.05) is 24.1 Å². The first-order chi connectivity index (χ1) is 12.4. The molecule has 0 bridgehead atoms. The lowest BCUT2D eigenvalue weighted by atomic mass is 10.2. The van der Waals surface area contributed by atoms with Gasteiger partial charge in [0.2, 0.25) is 10.0 Å². The highest BCUT2D eigenvalue weighted by atomic mass is 35.5. The molecule has 0 heterocycles. The van der Waals surface area contributed by atoms with Crippen LogP contribution in [0.2, 0.25) is 10.0 Å². The number of methoxy groups -OCH3 is 2. The Morgan fingerprint density at radius 2 is 1.73 bits per heavy atom. The summed E-state index contributed by atoms with van der Waals surface area (Å²) in [4.78, 5) is 0.129. The van der Waals surface area contributed by atoms with Crippen molar-refractivity contribution in [3.8, 4) is 11.5 Å². The van der Waals surface area contributed by atoms with Crippen LogP contribution >= 0.6 is 35.0 Å². The maximum absolute atomic E-state index is 12.4. The molecular weight excluding hydrogens is 417 g/mol. The Hall–Kier alpha value is -1.12. The van der Waals surface area contributed by atoms with Crippen LogP contribution in [0.25, 0.3) is 0 Å². The van der Waals surface area contributed by atoms with Gasteiger partial charge in [-0.15, -0.1) is 0 Å². The normalized spacial score (nSPS) is 11.4. The third kappa shape index (κ3) is 5.69. The van der Waals surface area contributed by atoms with Gasteiger partial charge in [-0.3, -0.25) is 0 Å². The van der Waals surface area contributed by atoms with Crippen molar-refractivity contribution in [2.24, 2.45) is 0 Å². The molecule has 0 saturated carbocycles. The summed E-state index contributed by atoms with van der Waals surface area (Å²) in [5, 5.41) is 1.03. The SMILES string of the molecule is COc1ccc(S(=O)(=O)NCCSCc2ccc(Cl)c(Cl)c2)cc1OC. The number of hydrogen-bond acceptors (Lipinski definition) is 5. The molecule has 9 heteroatoms. The highest BCUT2D eigenvalue weighted by Crippen LogP contribution is 2.29. The molecule has 0 aliphatic carbocycles. The van der Waals surface area contributed by atoms with Gasteiger partial charge in [-0.1, -0.05) is 29.3 Å². The van der Waals surface area contributed by atoms with Crippen LogP contribution in [-0.4, -0.2) is 34.9 Å². The molecule has 5 nitrogen and oxygen atoms in total. The fourth-order valence-corrected chi connectivity index (χ4v) is 4.44. The summed E-state index contributed by atoms with van der Waals surface area (Å²) in [6.45, 7) is 0.308. The molecule has 26 heavy (non-hydrogen) atoms. The minimum Gasteiger partial charge on any atom is -0.493 e. The summed E-state index contributed by atoms with van der Waals surface area (Å²) < 4.78 is 37.6. The Bertz CT molecular complexity index is 860. The van der Waals surface area contributed by atoms with Gasteiger partial charge in [0.25, 0.3) is 0 Å². The lowest BCUT2D eigenvalue weighted by Crippen LogP contribution is -2.26. The Morgan fingerprint density at radius 3 is 2.38 bits per heavy atom. The van der Waals surface area contributed by atoms with E-state index in [1.54, 1.807) is 23.9 Å². The van der Waals surface area contributed by atoms with Crippen molar-refractivity contribution in [2.75, 3.05) is 26.5 Å². The summed E-state index contributed by atoms with van der Waals surface area (Å²) in [5.41, 5.74) is 1.03. The molecule has 142 valence electrons.